The van der Waals surface area contributed by atoms with E-state index >= 15 is 0 Å². The Bertz CT molecular complexity index is 417. The van der Waals surface area contributed by atoms with Crippen molar-refractivity contribution in [3.05, 3.63) is 23.9 Å². The quantitative estimate of drug-likeness (QED) is 0.584. The lowest BCUT2D eigenvalue weighted by Gasteiger charge is -2.03. The maximum Gasteiger partial charge on any atom is 0.415 e. The van der Waals surface area contributed by atoms with Crippen LogP contribution in [0.5, 0.6) is 0 Å². The fraction of sp³-hybridized carbons (Fsp3) is 0.333. The van der Waals surface area contributed by atoms with Crippen LogP contribution in [0.2, 0.25) is 0 Å². The molecule has 0 saturated heterocycles. The van der Waals surface area contributed by atoms with E-state index < -0.39 is 29.5 Å². The second kappa shape index (κ2) is 6.45. The van der Waals surface area contributed by atoms with E-state index in [-0.39, 0.29) is 23.2 Å². The smallest absolute Gasteiger partial charge is 0.415 e. The summed E-state index contributed by atoms with van der Waals surface area (Å²) in [5.74, 6) is -1.74. The molecule has 0 aliphatic heterocycles. The van der Waals surface area contributed by atoms with Crippen molar-refractivity contribution in [3.63, 3.8) is 0 Å². The van der Waals surface area contributed by atoms with Crippen LogP contribution in [0.25, 0.3) is 0 Å². The standard InChI is InChI=1S/C9H8F3NO3S/c10-7(8(11)12)2-4-17(15)9-13-5-6(16-9)1-3-14/h3,5H,1-2,4H2/t17-/m0/s1. The van der Waals surface area contributed by atoms with Gasteiger partial charge in [-0.25, -0.2) is 4.39 Å². The van der Waals surface area contributed by atoms with Gasteiger partial charge in [0.15, 0.2) is 5.83 Å². The van der Waals surface area contributed by atoms with E-state index in [1.807, 2.05) is 0 Å². The van der Waals surface area contributed by atoms with E-state index in [4.69, 9.17) is 4.42 Å². The molecule has 0 unspecified atom stereocenters. The summed E-state index contributed by atoms with van der Waals surface area (Å²) in [7, 11) is 0. The monoisotopic (exact) mass is 267 g/mol. The Morgan fingerprint density at radius 2 is 2.24 bits per heavy atom. The Labute approximate surface area is 97.7 Å². The van der Waals surface area contributed by atoms with Crippen molar-refractivity contribution in [3.8, 4) is 0 Å². The molecule has 4 nitrogen and oxygen atoms in total. The highest BCUT2D eigenvalue weighted by Gasteiger charge is 2.20. The van der Waals surface area contributed by atoms with Gasteiger partial charge in [-0.2, -0.15) is 13.8 Å². The Balaban J connectivity index is 2.54. The molecule has 0 radical (unpaired) electrons. The van der Waals surface area contributed by atoms with Gasteiger partial charge in [0.25, 0.3) is 0 Å². The summed E-state index contributed by atoms with van der Waals surface area (Å²) in [6.07, 6.45) is -1.30. The first-order chi connectivity index (χ1) is 8.04. The molecule has 1 atom stereocenters. The molecule has 0 aliphatic carbocycles. The lowest BCUT2D eigenvalue weighted by Crippen LogP contribution is -2.07. The number of halogens is 3. The molecule has 0 aromatic carbocycles. The number of aromatic nitrogens is 1. The minimum absolute atomic E-state index is 0.0163. The van der Waals surface area contributed by atoms with Crippen molar-refractivity contribution >= 4 is 17.5 Å². The molecule has 17 heavy (non-hydrogen) atoms. The lowest BCUT2D eigenvalue weighted by atomic mass is 10.4. The first-order valence-corrected chi connectivity index (χ1v) is 5.83. The molecule has 0 fully saturated rings. The summed E-state index contributed by atoms with van der Waals surface area (Å²) in [6, 6.07) is 0. The van der Waals surface area contributed by atoms with Gasteiger partial charge in [-0.3, -0.25) is 0 Å². The molecule has 0 amide bonds. The zero-order valence-electron chi connectivity index (χ0n) is 8.49. The van der Waals surface area contributed by atoms with Gasteiger partial charge >= 0.3 is 11.3 Å². The molecule has 1 aromatic heterocycles. The average Bonchev–Trinajstić information content (AvgIpc) is 2.74. The van der Waals surface area contributed by atoms with Crippen LogP contribution in [0.1, 0.15) is 12.2 Å². The number of aldehydes is 1. The van der Waals surface area contributed by atoms with Crippen LogP contribution in [0.15, 0.2) is 27.7 Å². The third-order valence-electron chi connectivity index (χ3n) is 1.72. The molecule has 1 rings (SSSR count). The van der Waals surface area contributed by atoms with Crippen LogP contribution in [-0.2, 0) is 22.4 Å². The zero-order valence-corrected chi connectivity index (χ0v) is 9.31. The van der Waals surface area contributed by atoms with Crippen molar-refractivity contribution in [2.45, 2.75) is 18.1 Å². The van der Waals surface area contributed by atoms with Crippen LogP contribution in [-0.4, -0.2) is 21.6 Å². The number of hydrogen-bond donors (Lipinski definition) is 0. The molecular weight excluding hydrogens is 259 g/mol. The second-order valence-electron chi connectivity index (χ2n) is 2.93. The maximum absolute atomic E-state index is 12.4. The van der Waals surface area contributed by atoms with Crippen molar-refractivity contribution < 1.29 is 26.9 Å². The fourth-order valence-electron chi connectivity index (χ4n) is 0.935. The number of allylic oxidation sites excluding steroid dienone is 1. The molecule has 0 N–H and O–H groups in total. The number of nitrogens with zero attached hydrogens (tertiary/aromatic N) is 1. The summed E-state index contributed by atoms with van der Waals surface area (Å²) in [6.45, 7) is 0. The Hall–Kier alpha value is -1.28. The van der Waals surface area contributed by atoms with E-state index in [0.717, 1.165) is 0 Å². The van der Waals surface area contributed by atoms with Gasteiger partial charge in [0, 0.05) is 11.2 Å². The largest absolute Gasteiger partial charge is 0.608 e. The average molecular weight is 267 g/mol. The predicted octanol–water partition coefficient (Wildman–Crippen LogP) is 1.99. The van der Waals surface area contributed by atoms with Crippen LogP contribution >= 0.6 is 0 Å². The molecule has 0 bridgehead atoms. The van der Waals surface area contributed by atoms with Crippen LogP contribution in [0, 0.1) is 0 Å². The van der Waals surface area contributed by atoms with Crippen molar-refractivity contribution in [1.29, 1.82) is 0 Å². The summed E-state index contributed by atoms with van der Waals surface area (Å²) >= 11 is -1.80. The number of oxazole rings is 1. The van der Waals surface area contributed by atoms with Gasteiger partial charge in [0.1, 0.15) is 17.8 Å². The van der Waals surface area contributed by atoms with Crippen molar-refractivity contribution in [1.82, 2.24) is 4.98 Å². The summed E-state index contributed by atoms with van der Waals surface area (Å²) in [4.78, 5) is 13.7. The highest BCUT2D eigenvalue weighted by molar-refractivity contribution is 7.91. The molecule has 1 heterocycles. The minimum Gasteiger partial charge on any atom is -0.608 e. The molecule has 8 heteroatoms. The normalized spacial score (nSPS) is 12.2. The van der Waals surface area contributed by atoms with E-state index in [2.05, 4.69) is 4.98 Å². The topological polar surface area (TPSA) is 66.2 Å². The maximum atomic E-state index is 12.4. The molecule has 0 aliphatic rings. The summed E-state index contributed by atoms with van der Waals surface area (Å²) in [5.41, 5.74) is 0. The van der Waals surface area contributed by atoms with Crippen LogP contribution in [0.3, 0.4) is 0 Å². The molecular formula is C9H8F3NO3S. The molecule has 0 saturated carbocycles. The Kier molecular flexibility index (Phi) is 5.23. The number of hydrogen-bond acceptors (Lipinski definition) is 4. The van der Waals surface area contributed by atoms with Gasteiger partial charge in [-0.15, -0.1) is 0 Å². The van der Waals surface area contributed by atoms with Gasteiger partial charge in [-0.1, -0.05) is 0 Å². The highest BCUT2D eigenvalue weighted by Crippen LogP contribution is 2.18. The summed E-state index contributed by atoms with van der Waals surface area (Å²) < 4.78 is 52.2. The fourth-order valence-corrected chi connectivity index (χ4v) is 1.84. The minimum atomic E-state index is -2.42. The number of rotatable bonds is 6. The second-order valence-corrected chi connectivity index (χ2v) is 4.38. The summed E-state index contributed by atoms with van der Waals surface area (Å²) in [5, 5.41) is -0.200. The lowest BCUT2D eigenvalue weighted by molar-refractivity contribution is -0.107. The van der Waals surface area contributed by atoms with E-state index in [1.165, 1.54) is 6.20 Å². The molecule has 94 valence electrons. The molecule has 0 spiro atoms. The predicted molar refractivity (Wildman–Crippen MR) is 52.5 cm³/mol. The van der Waals surface area contributed by atoms with Crippen molar-refractivity contribution in [2.24, 2.45) is 0 Å². The van der Waals surface area contributed by atoms with E-state index in [1.54, 1.807) is 0 Å². The van der Waals surface area contributed by atoms with Gasteiger partial charge in [0.05, 0.1) is 19.0 Å². The first kappa shape index (κ1) is 13.8. The van der Waals surface area contributed by atoms with Gasteiger partial charge < -0.3 is 13.8 Å². The van der Waals surface area contributed by atoms with Crippen LogP contribution in [0.4, 0.5) is 13.2 Å². The number of carbonyl (C=O) groups excluding carboxylic acids is 1. The van der Waals surface area contributed by atoms with Gasteiger partial charge in [0.2, 0.25) is 0 Å². The molecule has 1 aromatic rings. The SMILES string of the molecule is O=CCc1cnc([S@@+]([O-])CCC(F)=C(F)F)o1. The van der Waals surface area contributed by atoms with E-state index in [9.17, 15) is 22.5 Å². The first-order valence-electron chi connectivity index (χ1n) is 4.51. The number of carbonyl (C=O) groups is 1. The third kappa shape index (κ3) is 4.23. The zero-order chi connectivity index (χ0) is 12.8. The Morgan fingerprint density at radius 3 is 2.82 bits per heavy atom. The highest BCUT2D eigenvalue weighted by atomic mass is 32.2. The van der Waals surface area contributed by atoms with Crippen molar-refractivity contribution in [2.75, 3.05) is 5.75 Å². The van der Waals surface area contributed by atoms with E-state index in [0.29, 0.717) is 6.29 Å². The Morgan fingerprint density at radius 1 is 1.53 bits per heavy atom. The third-order valence-corrected chi connectivity index (χ3v) is 2.88. The van der Waals surface area contributed by atoms with Crippen LogP contribution < -0.4 is 0 Å². The van der Waals surface area contributed by atoms with Gasteiger partial charge in [-0.05, 0) is 0 Å².